The molecule has 0 radical (unpaired) electrons. The highest BCUT2D eigenvalue weighted by atomic mass is 15.1. The summed E-state index contributed by atoms with van der Waals surface area (Å²) in [6.45, 7) is 2.80. The van der Waals surface area contributed by atoms with E-state index in [1.165, 1.54) is 19.5 Å². The predicted molar refractivity (Wildman–Crippen MR) is 61.6 cm³/mol. The molecule has 1 spiro atoms. The number of hydrogen-bond donors (Lipinski definition) is 0. The third-order valence-corrected chi connectivity index (χ3v) is 6.18. The summed E-state index contributed by atoms with van der Waals surface area (Å²) in [5.74, 6) is 4.49. The Morgan fingerprint density at radius 3 is 2.53 bits per heavy atom. The van der Waals surface area contributed by atoms with E-state index in [4.69, 9.17) is 0 Å². The fourth-order valence-corrected chi connectivity index (χ4v) is 5.89. The second-order valence-electron chi connectivity index (χ2n) is 7.09. The number of hydrogen-bond acceptors (Lipinski definition) is 1. The van der Waals surface area contributed by atoms with Crippen LogP contribution in [0.15, 0.2) is 0 Å². The number of nitrogens with zero attached hydrogens (tertiary/aromatic N) is 1. The Balaban J connectivity index is 1.71. The summed E-state index contributed by atoms with van der Waals surface area (Å²) in [7, 11) is 2.33. The van der Waals surface area contributed by atoms with Gasteiger partial charge in [0.05, 0.1) is 0 Å². The van der Waals surface area contributed by atoms with Crippen molar-refractivity contribution in [1.82, 2.24) is 4.90 Å². The second-order valence-corrected chi connectivity index (χ2v) is 7.09. The Bertz CT molecular complexity index is 271. The van der Waals surface area contributed by atoms with E-state index in [0.717, 1.165) is 29.1 Å². The zero-order valence-corrected chi connectivity index (χ0v) is 9.91. The van der Waals surface area contributed by atoms with Gasteiger partial charge in [0.2, 0.25) is 0 Å². The molecule has 1 saturated heterocycles. The first kappa shape index (κ1) is 9.04. The Kier molecular flexibility index (Phi) is 1.68. The molecule has 3 atom stereocenters. The van der Waals surface area contributed by atoms with Gasteiger partial charge in [0.15, 0.2) is 0 Å². The molecule has 84 valence electrons. The molecule has 1 nitrogen and oxygen atoms in total. The van der Waals surface area contributed by atoms with Crippen molar-refractivity contribution in [2.45, 2.75) is 38.5 Å². The normalized spacial score (nSPS) is 58.2. The average Bonchev–Trinajstić information content (AvgIpc) is 2.19. The van der Waals surface area contributed by atoms with Crippen molar-refractivity contribution in [1.29, 1.82) is 0 Å². The van der Waals surface area contributed by atoms with Gasteiger partial charge in [-0.2, -0.15) is 0 Å². The predicted octanol–water partition coefficient (Wildman–Crippen LogP) is 2.76. The minimum Gasteiger partial charge on any atom is -0.306 e. The molecular formula is C14H23N. The lowest BCUT2D eigenvalue weighted by molar-refractivity contribution is -0.141. The molecule has 5 aliphatic rings. The van der Waals surface area contributed by atoms with Crippen LogP contribution >= 0.6 is 0 Å². The van der Waals surface area contributed by atoms with Gasteiger partial charge < -0.3 is 4.90 Å². The van der Waals surface area contributed by atoms with E-state index in [-0.39, 0.29) is 0 Å². The third-order valence-electron chi connectivity index (χ3n) is 6.18. The van der Waals surface area contributed by atoms with Crippen LogP contribution in [0, 0.1) is 29.1 Å². The molecule has 1 aliphatic heterocycles. The van der Waals surface area contributed by atoms with E-state index < -0.39 is 0 Å². The minimum atomic E-state index is 0.835. The van der Waals surface area contributed by atoms with Crippen LogP contribution in [-0.4, -0.2) is 25.0 Å². The number of rotatable bonds is 0. The van der Waals surface area contributed by atoms with Crippen molar-refractivity contribution >= 4 is 0 Å². The van der Waals surface area contributed by atoms with Crippen LogP contribution in [0.2, 0.25) is 0 Å². The Morgan fingerprint density at radius 2 is 1.80 bits per heavy atom. The summed E-state index contributed by atoms with van der Waals surface area (Å²) in [4.78, 5) is 2.60. The Labute approximate surface area is 93.2 Å². The van der Waals surface area contributed by atoms with Gasteiger partial charge >= 0.3 is 0 Å². The quantitative estimate of drug-likeness (QED) is 0.588. The summed E-state index contributed by atoms with van der Waals surface area (Å²) in [5.41, 5.74) is 0.835. The number of piperidine rings is 1. The molecule has 0 aromatic heterocycles. The third kappa shape index (κ3) is 1.13. The highest BCUT2D eigenvalue weighted by Gasteiger charge is 2.57. The van der Waals surface area contributed by atoms with Crippen LogP contribution in [-0.2, 0) is 0 Å². The molecule has 1 heterocycles. The van der Waals surface area contributed by atoms with Crippen LogP contribution in [0.1, 0.15) is 38.5 Å². The topological polar surface area (TPSA) is 3.24 Å². The summed E-state index contributed by atoms with van der Waals surface area (Å²) >= 11 is 0. The standard InChI is InChI=1S/C14H23N/c1-15-3-2-14-7-10-4-11(8-14)6-12(5-10)13(14)9-15/h10-13H,2-9H2,1H3. The maximum atomic E-state index is 2.60. The lowest BCUT2D eigenvalue weighted by Crippen LogP contribution is -2.59. The Hall–Kier alpha value is -0.0400. The van der Waals surface area contributed by atoms with Gasteiger partial charge in [-0.1, -0.05) is 0 Å². The van der Waals surface area contributed by atoms with E-state index >= 15 is 0 Å². The van der Waals surface area contributed by atoms with E-state index in [0.29, 0.717) is 0 Å². The summed E-state index contributed by atoms with van der Waals surface area (Å²) < 4.78 is 0. The minimum absolute atomic E-state index is 0.835. The largest absolute Gasteiger partial charge is 0.306 e. The van der Waals surface area contributed by atoms with Crippen LogP contribution in [0.3, 0.4) is 0 Å². The van der Waals surface area contributed by atoms with Gasteiger partial charge in [0.1, 0.15) is 0 Å². The molecule has 15 heavy (non-hydrogen) atoms. The fourth-order valence-electron chi connectivity index (χ4n) is 5.89. The van der Waals surface area contributed by atoms with Crippen molar-refractivity contribution in [3.8, 4) is 0 Å². The maximum absolute atomic E-state index is 2.60. The molecule has 5 fully saturated rings. The average molecular weight is 205 g/mol. The van der Waals surface area contributed by atoms with E-state index in [1.807, 2.05) is 0 Å². The molecule has 1 heteroatoms. The highest BCUT2D eigenvalue weighted by molar-refractivity contribution is 5.08. The molecule has 4 saturated carbocycles. The molecule has 4 aliphatic carbocycles. The van der Waals surface area contributed by atoms with Crippen LogP contribution in [0.4, 0.5) is 0 Å². The fraction of sp³-hybridized carbons (Fsp3) is 1.00. The summed E-state index contributed by atoms with van der Waals surface area (Å²) in [6, 6.07) is 0. The Morgan fingerprint density at radius 1 is 1.07 bits per heavy atom. The van der Waals surface area contributed by atoms with Gasteiger partial charge in [-0.25, -0.2) is 0 Å². The molecule has 5 rings (SSSR count). The van der Waals surface area contributed by atoms with Crippen LogP contribution < -0.4 is 0 Å². The zero-order valence-electron chi connectivity index (χ0n) is 9.91. The first-order valence-electron chi connectivity index (χ1n) is 6.94. The molecule has 4 bridgehead atoms. The zero-order chi connectivity index (χ0) is 10.0. The van der Waals surface area contributed by atoms with Crippen molar-refractivity contribution < 1.29 is 0 Å². The van der Waals surface area contributed by atoms with Crippen LogP contribution in [0.25, 0.3) is 0 Å². The molecule has 0 aromatic rings. The maximum Gasteiger partial charge on any atom is 0.00146 e. The molecule has 3 unspecified atom stereocenters. The SMILES string of the molecule is CN1CCC23CC4CC(CC(C4)C2C1)C3. The first-order valence-corrected chi connectivity index (χ1v) is 6.94. The summed E-state index contributed by atoms with van der Waals surface area (Å²) in [5, 5.41) is 0. The van der Waals surface area contributed by atoms with Gasteiger partial charge in [-0.3, -0.25) is 0 Å². The first-order chi connectivity index (χ1) is 7.25. The van der Waals surface area contributed by atoms with Crippen LogP contribution in [0.5, 0.6) is 0 Å². The van der Waals surface area contributed by atoms with E-state index in [1.54, 1.807) is 32.1 Å². The van der Waals surface area contributed by atoms with Gasteiger partial charge in [-0.15, -0.1) is 0 Å². The molecule has 0 amide bonds. The molecular weight excluding hydrogens is 182 g/mol. The van der Waals surface area contributed by atoms with Crippen molar-refractivity contribution in [3.63, 3.8) is 0 Å². The molecule has 0 aromatic carbocycles. The van der Waals surface area contributed by atoms with E-state index in [2.05, 4.69) is 11.9 Å². The van der Waals surface area contributed by atoms with Crippen molar-refractivity contribution in [2.75, 3.05) is 20.1 Å². The highest BCUT2D eigenvalue weighted by Crippen LogP contribution is 2.65. The van der Waals surface area contributed by atoms with Gasteiger partial charge in [0, 0.05) is 6.54 Å². The van der Waals surface area contributed by atoms with Crippen molar-refractivity contribution in [3.05, 3.63) is 0 Å². The van der Waals surface area contributed by atoms with Gasteiger partial charge in [-0.05, 0) is 81.2 Å². The second kappa shape index (κ2) is 2.80. The summed E-state index contributed by atoms with van der Waals surface area (Å²) in [6.07, 6.45) is 9.53. The lowest BCUT2D eigenvalue weighted by Gasteiger charge is -2.64. The monoisotopic (exact) mass is 205 g/mol. The van der Waals surface area contributed by atoms with Crippen molar-refractivity contribution in [2.24, 2.45) is 29.1 Å². The number of likely N-dealkylation sites (tertiary alicyclic amines) is 1. The smallest absolute Gasteiger partial charge is 0.00146 e. The van der Waals surface area contributed by atoms with Gasteiger partial charge in [0.25, 0.3) is 0 Å². The van der Waals surface area contributed by atoms with E-state index in [9.17, 15) is 0 Å². The molecule has 0 N–H and O–H groups in total. The lowest BCUT2D eigenvalue weighted by atomic mass is 9.43.